The Hall–Kier alpha value is -2.04. The highest BCUT2D eigenvalue weighted by molar-refractivity contribution is 5.85. The quantitative estimate of drug-likeness (QED) is 0.657. The van der Waals surface area contributed by atoms with E-state index in [9.17, 15) is 9.59 Å². The molecule has 0 aliphatic heterocycles. The van der Waals surface area contributed by atoms with Crippen molar-refractivity contribution in [1.82, 2.24) is 9.55 Å². The Morgan fingerprint density at radius 3 is 2.86 bits per heavy atom. The van der Waals surface area contributed by atoms with Crippen LogP contribution in [0.4, 0.5) is 4.79 Å². The molecule has 0 unspecified atom stereocenters. The average molecular weight is 192 g/mol. The molecule has 1 aromatic carbocycles. The Morgan fingerprint density at radius 1 is 1.50 bits per heavy atom. The second kappa shape index (κ2) is 2.73. The molecule has 0 aliphatic carbocycles. The number of hydrogen-bond donors (Lipinski definition) is 2. The fraction of sp³-hybridized carbons (Fsp3) is 0.111. The van der Waals surface area contributed by atoms with Crippen LogP contribution in [-0.4, -0.2) is 20.8 Å². The fourth-order valence-corrected chi connectivity index (χ4v) is 1.42. The Balaban J connectivity index is 2.91. The van der Waals surface area contributed by atoms with Crippen LogP contribution < -0.4 is 5.69 Å². The van der Waals surface area contributed by atoms with E-state index in [1.807, 2.05) is 6.92 Å². The Kier molecular flexibility index (Phi) is 1.67. The van der Waals surface area contributed by atoms with E-state index in [1.165, 1.54) is 0 Å². The summed E-state index contributed by atoms with van der Waals surface area (Å²) < 4.78 is 0.689. The molecule has 2 aromatic rings. The number of hydrogen-bond acceptors (Lipinski definition) is 2. The molecule has 5 heteroatoms. The van der Waals surface area contributed by atoms with Gasteiger partial charge in [0.05, 0.1) is 11.0 Å². The molecule has 0 fully saturated rings. The van der Waals surface area contributed by atoms with Crippen LogP contribution in [-0.2, 0) is 0 Å². The first-order valence-electron chi connectivity index (χ1n) is 4.04. The number of imidazole rings is 1. The van der Waals surface area contributed by atoms with E-state index >= 15 is 0 Å². The van der Waals surface area contributed by atoms with Gasteiger partial charge in [0.15, 0.2) is 0 Å². The first-order valence-corrected chi connectivity index (χ1v) is 4.04. The molecule has 0 saturated heterocycles. The lowest BCUT2D eigenvalue weighted by atomic mass is 10.2. The zero-order chi connectivity index (χ0) is 10.3. The molecule has 0 aliphatic rings. The maximum Gasteiger partial charge on any atom is 0.420 e. The minimum Gasteiger partial charge on any atom is -0.464 e. The van der Waals surface area contributed by atoms with E-state index < -0.39 is 11.8 Å². The summed E-state index contributed by atoms with van der Waals surface area (Å²) >= 11 is 0. The Bertz CT molecular complexity index is 565. The molecule has 0 atom stereocenters. The number of H-pyrrole nitrogens is 1. The highest BCUT2D eigenvalue weighted by atomic mass is 16.4. The van der Waals surface area contributed by atoms with Crippen LogP contribution in [0.2, 0.25) is 0 Å². The van der Waals surface area contributed by atoms with Crippen molar-refractivity contribution in [2.24, 2.45) is 0 Å². The van der Waals surface area contributed by atoms with Crippen LogP contribution in [0.15, 0.2) is 23.0 Å². The van der Waals surface area contributed by atoms with Gasteiger partial charge in [-0.15, -0.1) is 0 Å². The lowest BCUT2D eigenvalue weighted by molar-refractivity contribution is 0.196. The van der Waals surface area contributed by atoms with E-state index in [-0.39, 0.29) is 0 Å². The van der Waals surface area contributed by atoms with E-state index in [2.05, 4.69) is 4.98 Å². The number of carboxylic acid groups (broad SMARTS) is 1. The van der Waals surface area contributed by atoms with Gasteiger partial charge in [0.25, 0.3) is 0 Å². The van der Waals surface area contributed by atoms with Crippen LogP contribution in [0.1, 0.15) is 5.56 Å². The molecule has 0 amide bonds. The highest BCUT2D eigenvalue weighted by Gasteiger charge is 2.11. The van der Waals surface area contributed by atoms with E-state index in [0.29, 0.717) is 15.6 Å². The van der Waals surface area contributed by atoms with Gasteiger partial charge in [-0.2, -0.15) is 4.57 Å². The third kappa shape index (κ3) is 1.10. The van der Waals surface area contributed by atoms with Crippen molar-refractivity contribution in [1.29, 1.82) is 0 Å². The molecule has 0 radical (unpaired) electrons. The number of nitrogens with zero attached hydrogens (tertiary/aromatic N) is 1. The second-order valence-corrected chi connectivity index (χ2v) is 3.07. The van der Waals surface area contributed by atoms with Gasteiger partial charge in [-0.3, -0.25) is 0 Å². The number of nitrogens with one attached hydrogen (secondary N) is 1. The summed E-state index contributed by atoms with van der Waals surface area (Å²) in [7, 11) is 0. The lowest BCUT2D eigenvalue weighted by Gasteiger charge is -1.95. The largest absolute Gasteiger partial charge is 0.464 e. The third-order valence-corrected chi connectivity index (χ3v) is 2.03. The normalized spacial score (nSPS) is 10.6. The number of fused-ring (bicyclic) bond motifs is 1. The van der Waals surface area contributed by atoms with Crippen molar-refractivity contribution in [3.63, 3.8) is 0 Å². The van der Waals surface area contributed by atoms with Crippen LogP contribution in [0, 0.1) is 6.92 Å². The predicted molar refractivity (Wildman–Crippen MR) is 50.7 cm³/mol. The number of carbonyl (C=O) groups is 1. The van der Waals surface area contributed by atoms with Crippen LogP contribution in [0.25, 0.3) is 11.0 Å². The van der Waals surface area contributed by atoms with E-state index in [0.717, 1.165) is 5.56 Å². The fourth-order valence-electron chi connectivity index (χ4n) is 1.42. The number of aromatic amines is 1. The summed E-state index contributed by atoms with van der Waals surface area (Å²) in [5, 5.41) is 8.76. The van der Waals surface area contributed by atoms with Crippen LogP contribution >= 0.6 is 0 Å². The van der Waals surface area contributed by atoms with Gasteiger partial charge in [-0.25, -0.2) is 9.59 Å². The van der Waals surface area contributed by atoms with Gasteiger partial charge in [0.2, 0.25) is 0 Å². The summed E-state index contributed by atoms with van der Waals surface area (Å²) in [6.45, 7) is 1.87. The first kappa shape index (κ1) is 8.55. The van der Waals surface area contributed by atoms with Crippen molar-refractivity contribution in [2.75, 3.05) is 0 Å². The molecule has 14 heavy (non-hydrogen) atoms. The SMILES string of the molecule is Cc1ccc2c(c1)[nH]c(=O)n2C(=O)O. The van der Waals surface area contributed by atoms with E-state index in [4.69, 9.17) is 5.11 Å². The molecule has 5 nitrogen and oxygen atoms in total. The number of aryl methyl sites for hydroxylation is 1. The van der Waals surface area contributed by atoms with Crippen LogP contribution in [0.3, 0.4) is 0 Å². The summed E-state index contributed by atoms with van der Waals surface area (Å²) in [4.78, 5) is 24.4. The molecule has 0 saturated carbocycles. The van der Waals surface area contributed by atoms with Crippen molar-refractivity contribution < 1.29 is 9.90 Å². The second-order valence-electron chi connectivity index (χ2n) is 3.07. The van der Waals surface area contributed by atoms with Crippen molar-refractivity contribution >= 4 is 17.1 Å². The maximum atomic E-state index is 11.2. The maximum absolute atomic E-state index is 11.2. The molecule has 2 rings (SSSR count). The Labute approximate surface area is 78.6 Å². The molecule has 72 valence electrons. The predicted octanol–water partition coefficient (Wildman–Crippen LogP) is 1.16. The van der Waals surface area contributed by atoms with E-state index in [1.54, 1.807) is 18.2 Å². The van der Waals surface area contributed by atoms with Gasteiger partial charge < -0.3 is 10.1 Å². The summed E-state index contributed by atoms with van der Waals surface area (Å²) in [5.74, 6) is 0. The summed E-state index contributed by atoms with van der Waals surface area (Å²) in [5.41, 5.74) is 1.26. The Morgan fingerprint density at radius 2 is 2.21 bits per heavy atom. The molecule has 0 spiro atoms. The summed E-state index contributed by atoms with van der Waals surface area (Å²) in [6, 6.07) is 5.10. The van der Waals surface area contributed by atoms with Crippen LogP contribution in [0.5, 0.6) is 0 Å². The van der Waals surface area contributed by atoms with Gasteiger partial charge >= 0.3 is 11.8 Å². The third-order valence-electron chi connectivity index (χ3n) is 2.03. The molecule has 0 bridgehead atoms. The first-order chi connectivity index (χ1) is 6.59. The minimum absolute atomic E-state index is 0.383. The molecular weight excluding hydrogens is 184 g/mol. The zero-order valence-electron chi connectivity index (χ0n) is 7.44. The zero-order valence-corrected chi connectivity index (χ0v) is 7.44. The highest BCUT2D eigenvalue weighted by Crippen LogP contribution is 2.11. The topological polar surface area (TPSA) is 75.1 Å². The van der Waals surface area contributed by atoms with Gasteiger partial charge in [-0.05, 0) is 24.6 Å². The van der Waals surface area contributed by atoms with Crippen molar-refractivity contribution in [3.05, 3.63) is 34.2 Å². The molecule has 2 N–H and O–H groups in total. The molecular formula is C9H8N2O3. The van der Waals surface area contributed by atoms with Gasteiger partial charge in [-0.1, -0.05) is 6.07 Å². The monoisotopic (exact) mass is 192 g/mol. The molecule has 1 aromatic heterocycles. The summed E-state index contributed by atoms with van der Waals surface area (Å²) in [6.07, 6.45) is -1.27. The number of aromatic nitrogens is 2. The molecule has 1 heterocycles. The number of rotatable bonds is 0. The smallest absolute Gasteiger partial charge is 0.420 e. The lowest BCUT2D eigenvalue weighted by Crippen LogP contribution is -2.22. The van der Waals surface area contributed by atoms with Gasteiger partial charge in [0.1, 0.15) is 0 Å². The standard InChI is InChI=1S/C9H8N2O3/c1-5-2-3-7-6(4-5)10-8(12)11(7)9(13)14/h2-4H,1H3,(H,10,12)(H,13,14). The van der Waals surface area contributed by atoms with Gasteiger partial charge in [0, 0.05) is 0 Å². The minimum atomic E-state index is -1.27. The average Bonchev–Trinajstić information content (AvgIpc) is 2.39. The van der Waals surface area contributed by atoms with Crippen molar-refractivity contribution in [3.8, 4) is 0 Å². The van der Waals surface area contributed by atoms with Crippen molar-refractivity contribution in [2.45, 2.75) is 6.92 Å². The number of benzene rings is 1.